The smallest absolute Gasteiger partial charge is 0.326 e. The Morgan fingerprint density at radius 2 is 1.73 bits per heavy atom. The summed E-state index contributed by atoms with van der Waals surface area (Å²) in [5.41, 5.74) is 1.00. The molecule has 2 aromatic rings. The maximum Gasteiger partial charge on any atom is 0.326 e. The van der Waals surface area contributed by atoms with Crippen molar-refractivity contribution in [3.63, 3.8) is 0 Å². The lowest BCUT2D eigenvalue weighted by Crippen LogP contribution is -2.38. The predicted molar refractivity (Wildman–Crippen MR) is 94.6 cm³/mol. The van der Waals surface area contributed by atoms with Crippen molar-refractivity contribution in [3.8, 4) is 0 Å². The number of aromatic nitrogens is 2. The lowest BCUT2D eigenvalue weighted by atomic mass is 9.70. The van der Waals surface area contributed by atoms with Crippen molar-refractivity contribution in [1.29, 1.82) is 0 Å². The van der Waals surface area contributed by atoms with Gasteiger partial charge in [-0.1, -0.05) is 26.0 Å². The maximum absolute atomic E-state index is 13.4. The number of ketones is 1. The average molecular weight is 355 g/mol. The molecule has 0 saturated heterocycles. The van der Waals surface area contributed by atoms with Crippen LogP contribution in [0.5, 0.6) is 0 Å². The summed E-state index contributed by atoms with van der Waals surface area (Å²) in [6.07, 6.45) is 0.970. The van der Waals surface area contributed by atoms with Crippen LogP contribution >= 0.6 is 0 Å². The second-order valence-electron chi connectivity index (χ2n) is 7.64. The van der Waals surface area contributed by atoms with Gasteiger partial charge < -0.3 is 10.3 Å². The topological polar surface area (TPSA) is 94.8 Å². The van der Waals surface area contributed by atoms with E-state index in [1.165, 1.54) is 12.1 Å². The van der Waals surface area contributed by atoms with E-state index in [-0.39, 0.29) is 16.9 Å². The molecule has 1 atom stereocenters. The van der Waals surface area contributed by atoms with Crippen LogP contribution in [0.4, 0.5) is 10.1 Å². The number of nitrogens with one attached hydrogen (secondary N) is 3. The van der Waals surface area contributed by atoms with Crippen molar-refractivity contribution in [2.45, 2.75) is 32.6 Å². The van der Waals surface area contributed by atoms with Gasteiger partial charge in [-0.2, -0.15) is 0 Å². The molecule has 6 nitrogen and oxygen atoms in total. The molecule has 1 aromatic heterocycles. The Balaban J connectivity index is 2.00. The molecule has 134 valence electrons. The molecular formula is C19H18FN3O3. The molecule has 1 aliphatic carbocycles. The molecule has 7 heteroatoms. The first kappa shape index (κ1) is 16.5. The molecule has 2 heterocycles. The number of allylic oxidation sites excluding steroid dienone is 2. The van der Waals surface area contributed by atoms with Crippen molar-refractivity contribution in [2.75, 3.05) is 5.32 Å². The second kappa shape index (κ2) is 5.52. The standard InChI is InChI=1S/C19H18FN3O3/c1-19(2)7-11-14(12(24)8-19)13(9-3-5-10(20)6-4-9)15-16(21-11)17(25)23-18(26)22-15/h3-6,13,21H,7-8H2,1-2H3,(H2,22,23,25,26). The van der Waals surface area contributed by atoms with Crippen molar-refractivity contribution < 1.29 is 9.18 Å². The summed E-state index contributed by atoms with van der Waals surface area (Å²) in [7, 11) is 0. The van der Waals surface area contributed by atoms with Crippen LogP contribution in [0.3, 0.4) is 0 Å². The van der Waals surface area contributed by atoms with Crippen LogP contribution in [0.15, 0.2) is 45.1 Å². The van der Waals surface area contributed by atoms with Crippen molar-refractivity contribution >= 4 is 11.5 Å². The minimum atomic E-state index is -0.643. The SMILES string of the molecule is CC1(C)CC(=O)C2=C(C1)Nc1c([nH]c(=O)[nH]c1=O)C2c1ccc(F)cc1. The Hall–Kier alpha value is -2.96. The minimum absolute atomic E-state index is 0.0372. The number of Topliss-reactive ketones (excluding diaryl/α,β-unsaturated/α-hetero) is 1. The number of aromatic amines is 2. The number of benzene rings is 1. The zero-order valence-electron chi connectivity index (χ0n) is 14.4. The zero-order chi connectivity index (χ0) is 18.6. The van der Waals surface area contributed by atoms with E-state index in [9.17, 15) is 18.8 Å². The third kappa shape index (κ3) is 2.60. The normalized spacial score (nSPS) is 21.0. The molecule has 0 bridgehead atoms. The highest BCUT2D eigenvalue weighted by atomic mass is 19.1. The highest BCUT2D eigenvalue weighted by molar-refractivity contribution is 6.01. The molecule has 2 aliphatic rings. The Morgan fingerprint density at radius 3 is 2.42 bits per heavy atom. The first-order valence-electron chi connectivity index (χ1n) is 8.40. The third-order valence-electron chi connectivity index (χ3n) is 4.95. The molecule has 1 aromatic carbocycles. The van der Waals surface area contributed by atoms with Crippen LogP contribution in [-0.4, -0.2) is 15.8 Å². The maximum atomic E-state index is 13.4. The molecule has 0 amide bonds. The molecule has 26 heavy (non-hydrogen) atoms. The Labute approximate surface area is 148 Å². The summed E-state index contributed by atoms with van der Waals surface area (Å²) in [5.74, 6) is -1.04. The van der Waals surface area contributed by atoms with Crippen LogP contribution in [0.25, 0.3) is 0 Å². The Morgan fingerprint density at radius 1 is 1.04 bits per heavy atom. The largest absolute Gasteiger partial charge is 0.353 e. The van der Waals surface area contributed by atoms with Crippen molar-refractivity contribution in [2.24, 2.45) is 5.41 Å². The fraction of sp³-hybridized carbons (Fsp3) is 0.316. The monoisotopic (exact) mass is 355 g/mol. The van der Waals surface area contributed by atoms with Gasteiger partial charge in [0, 0.05) is 17.7 Å². The highest BCUT2D eigenvalue weighted by Crippen LogP contribution is 2.47. The number of hydrogen-bond acceptors (Lipinski definition) is 4. The number of fused-ring (bicyclic) bond motifs is 1. The Bertz CT molecular complexity index is 1060. The Kier molecular flexibility index (Phi) is 3.50. The van der Waals surface area contributed by atoms with Crippen molar-refractivity contribution in [3.05, 3.63) is 73.4 Å². The first-order valence-corrected chi connectivity index (χ1v) is 8.40. The lowest BCUT2D eigenvalue weighted by molar-refractivity contribution is -0.118. The van der Waals surface area contributed by atoms with E-state index in [2.05, 4.69) is 15.3 Å². The third-order valence-corrected chi connectivity index (χ3v) is 4.95. The van der Waals surface area contributed by atoms with Gasteiger partial charge in [-0.25, -0.2) is 9.18 Å². The van der Waals surface area contributed by atoms with Crippen LogP contribution in [0.1, 0.15) is 43.9 Å². The number of rotatable bonds is 1. The van der Waals surface area contributed by atoms with E-state index in [0.29, 0.717) is 35.4 Å². The number of carbonyl (C=O) groups excluding carboxylic acids is 1. The van der Waals surface area contributed by atoms with Crippen LogP contribution in [-0.2, 0) is 4.79 Å². The molecule has 4 rings (SSSR count). The quantitative estimate of drug-likeness (QED) is 0.732. The number of hydrogen-bond donors (Lipinski definition) is 3. The fourth-order valence-corrected chi connectivity index (χ4v) is 3.91. The zero-order valence-corrected chi connectivity index (χ0v) is 14.4. The summed E-state index contributed by atoms with van der Waals surface area (Å²) in [6.45, 7) is 3.99. The van der Waals surface area contributed by atoms with Gasteiger partial charge in [0.1, 0.15) is 11.5 Å². The van der Waals surface area contributed by atoms with E-state index in [0.717, 1.165) is 0 Å². The van der Waals surface area contributed by atoms with Gasteiger partial charge >= 0.3 is 5.69 Å². The molecule has 0 fully saturated rings. The van der Waals surface area contributed by atoms with Gasteiger partial charge in [0.25, 0.3) is 5.56 Å². The fourth-order valence-electron chi connectivity index (χ4n) is 3.91. The van der Waals surface area contributed by atoms with Crippen molar-refractivity contribution in [1.82, 2.24) is 9.97 Å². The average Bonchev–Trinajstić information content (AvgIpc) is 2.53. The predicted octanol–water partition coefficient (Wildman–Crippen LogP) is 2.40. The van der Waals surface area contributed by atoms with Crippen LogP contribution in [0, 0.1) is 11.2 Å². The number of halogens is 1. The van der Waals surface area contributed by atoms with Gasteiger partial charge in [0.15, 0.2) is 5.78 Å². The lowest BCUT2D eigenvalue weighted by Gasteiger charge is -2.38. The van der Waals surface area contributed by atoms with Gasteiger partial charge in [-0.05, 0) is 29.5 Å². The van der Waals surface area contributed by atoms with E-state index >= 15 is 0 Å². The van der Waals surface area contributed by atoms with E-state index in [4.69, 9.17) is 0 Å². The number of anilines is 1. The molecule has 1 unspecified atom stereocenters. The van der Waals surface area contributed by atoms with E-state index in [1.807, 2.05) is 13.8 Å². The van der Waals surface area contributed by atoms with Crippen LogP contribution in [0.2, 0.25) is 0 Å². The van der Waals surface area contributed by atoms with E-state index in [1.54, 1.807) is 12.1 Å². The molecule has 0 saturated carbocycles. The summed E-state index contributed by atoms with van der Waals surface area (Å²) in [4.78, 5) is 42.0. The van der Waals surface area contributed by atoms with Gasteiger partial charge in [-0.15, -0.1) is 0 Å². The molecular weight excluding hydrogens is 337 g/mol. The van der Waals surface area contributed by atoms with Gasteiger partial charge in [0.05, 0.1) is 11.6 Å². The first-order chi connectivity index (χ1) is 12.2. The van der Waals surface area contributed by atoms with E-state index < -0.39 is 23.0 Å². The molecule has 1 aliphatic heterocycles. The summed E-state index contributed by atoms with van der Waals surface area (Å²) < 4.78 is 13.4. The molecule has 0 radical (unpaired) electrons. The number of H-pyrrole nitrogens is 2. The highest BCUT2D eigenvalue weighted by Gasteiger charge is 2.41. The second-order valence-corrected chi connectivity index (χ2v) is 7.64. The summed E-state index contributed by atoms with van der Waals surface area (Å²) in [5, 5.41) is 3.06. The molecule has 3 N–H and O–H groups in total. The summed E-state index contributed by atoms with van der Waals surface area (Å²) >= 11 is 0. The minimum Gasteiger partial charge on any atom is -0.353 e. The van der Waals surface area contributed by atoms with Gasteiger partial charge in [0.2, 0.25) is 0 Å². The molecule has 0 spiro atoms. The number of carbonyl (C=O) groups is 1. The van der Waals surface area contributed by atoms with Crippen LogP contribution < -0.4 is 16.6 Å². The summed E-state index contributed by atoms with van der Waals surface area (Å²) in [6, 6.07) is 5.76. The van der Waals surface area contributed by atoms with Gasteiger partial charge in [-0.3, -0.25) is 14.6 Å².